The third-order valence-corrected chi connectivity index (χ3v) is 3.79. The van der Waals surface area contributed by atoms with Gasteiger partial charge in [-0.25, -0.2) is 4.79 Å². The van der Waals surface area contributed by atoms with Crippen LogP contribution in [0.1, 0.15) is 15.4 Å². The van der Waals surface area contributed by atoms with Crippen LogP contribution in [0.3, 0.4) is 0 Å². The number of hydrogen-bond acceptors (Lipinski definition) is 5. The van der Waals surface area contributed by atoms with Crippen LogP contribution in [-0.4, -0.2) is 16.2 Å². The lowest BCUT2D eigenvalue weighted by atomic mass is 10.2. The lowest BCUT2D eigenvalue weighted by Crippen LogP contribution is -2.04. The summed E-state index contributed by atoms with van der Waals surface area (Å²) >= 11 is 1.23. The summed E-state index contributed by atoms with van der Waals surface area (Å²) in [6.07, 6.45) is 0. The Hall–Kier alpha value is -2.53. The Bertz CT molecular complexity index is 726. The second kappa shape index (κ2) is 6.28. The molecule has 3 rings (SSSR count). The summed E-state index contributed by atoms with van der Waals surface area (Å²) in [6, 6.07) is 19.2. The van der Waals surface area contributed by atoms with Crippen LogP contribution >= 0.6 is 11.3 Å². The Morgan fingerprint density at radius 2 is 1.62 bits per heavy atom. The van der Waals surface area contributed by atoms with Crippen LogP contribution in [0.5, 0.6) is 0 Å². The highest BCUT2D eigenvalue weighted by Crippen LogP contribution is 2.23. The van der Waals surface area contributed by atoms with Gasteiger partial charge in [-0.2, -0.15) is 0 Å². The molecule has 0 fully saturated rings. The third kappa shape index (κ3) is 3.32. The van der Waals surface area contributed by atoms with Gasteiger partial charge in [-0.3, -0.25) is 0 Å². The van der Waals surface area contributed by atoms with E-state index >= 15 is 0 Å². The molecule has 0 aliphatic heterocycles. The van der Waals surface area contributed by atoms with Crippen molar-refractivity contribution in [3.8, 4) is 10.6 Å². The van der Waals surface area contributed by atoms with Crippen molar-refractivity contribution in [3.63, 3.8) is 0 Å². The summed E-state index contributed by atoms with van der Waals surface area (Å²) in [7, 11) is 0. The number of carbonyl (C=O) groups is 1. The van der Waals surface area contributed by atoms with E-state index < -0.39 is 5.97 Å². The second-order valence-electron chi connectivity index (χ2n) is 4.34. The summed E-state index contributed by atoms with van der Waals surface area (Å²) in [4.78, 5) is 11.9. The van der Waals surface area contributed by atoms with Gasteiger partial charge in [-0.15, -0.1) is 10.2 Å². The summed E-state index contributed by atoms with van der Waals surface area (Å²) in [6.45, 7) is 0.236. The normalized spacial score (nSPS) is 10.3. The fourth-order valence-corrected chi connectivity index (χ4v) is 2.53. The van der Waals surface area contributed by atoms with Crippen LogP contribution in [0.15, 0.2) is 60.7 Å². The molecule has 5 heteroatoms. The molecule has 4 nitrogen and oxygen atoms in total. The first-order chi connectivity index (χ1) is 10.3. The number of esters is 1. The fraction of sp³-hybridized carbons (Fsp3) is 0.0625. The van der Waals surface area contributed by atoms with E-state index in [1.165, 1.54) is 11.3 Å². The Kier molecular flexibility index (Phi) is 4.02. The minimum atomic E-state index is -0.446. The monoisotopic (exact) mass is 296 g/mol. The number of benzene rings is 2. The van der Waals surface area contributed by atoms with E-state index in [-0.39, 0.29) is 11.6 Å². The van der Waals surface area contributed by atoms with E-state index in [0.29, 0.717) is 5.01 Å². The Balaban J connectivity index is 1.67. The minimum absolute atomic E-state index is 0.236. The van der Waals surface area contributed by atoms with Crippen LogP contribution in [-0.2, 0) is 11.3 Å². The average molecular weight is 296 g/mol. The Morgan fingerprint density at radius 1 is 0.952 bits per heavy atom. The zero-order valence-corrected chi connectivity index (χ0v) is 11.9. The van der Waals surface area contributed by atoms with Crippen LogP contribution in [0.25, 0.3) is 10.6 Å². The second-order valence-corrected chi connectivity index (χ2v) is 5.32. The predicted octanol–water partition coefficient (Wildman–Crippen LogP) is 3.56. The topological polar surface area (TPSA) is 52.1 Å². The molecule has 21 heavy (non-hydrogen) atoms. The molecule has 0 bridgehead atoms. The molecule has 3 aromatic rings. The molecule has 0 saturated heterocycles. The molecular weight excluding hydrogens is 284 g/mol. The minimum Gasteiger partial charge on any atom is -0.455 e. The van der Waals surface area contributed by atoms with E-state index in [9.17, 15) is 4.79 Å². The van der Waals surface area contributed by atoms with Crippen LogP contribution in [0.2, 0.25) is 0 Å². The first-order valence-electron chi connectivity index (χ1n) is 6.43. The number of aromatic nitrogens is 2. The molecule has 0 N–H and O–H groups in total. The van der Waals surface area contributed by atoms with Gasteiger partial charge in [0.05, 0.1) is 0 Å². The van der Waals surface area contributed by atoms with Crippen molar-refractivity contribution in [2.24, 2.45) is 0 Å². The maximum Gasteiger partial charge on any atom is 0.369 e. The number of ether oxygens (including phenoxy) is 1. The van der Waals surface area contributed by atoms with Crippen molar-refractivity contribution < 1.29 is 9.53 Å². The van der Waals surface area contributed by atoms with E-state index in [2.05, 4.69) is 10.2 Å². The molecule has 0 saturated carbocycles. The van der Waals surface area contributed by atoms with Crippen molar-refractivity contribution in [2.75, 3.05) is 0 Å². The molecule has 0 unspecified atom stereocenters. The van der Waals surface area contributed by atoms with Gasteiger partial charge in [0.2, 0.25) is 5.01 Å². The summed E-state index contributed by atoms with van der Waals surface area (Å²) in [5, 5.41) is 8.91. The summed E-state index contributed by atoms with van der Waals surface area (Å²) in [5.41, 5.74) is 1.88. The molecule has 0 amide bonds. The quantitative estimate of drug-likeness (QED) is 0.691. The van der Waals surface area contributed by atoms with Gasteiger partial charge < -0.3 is 4.74 Å². The van der Waals surface area contributed by atoms with Gasteiger partial charge in [0.25, 0.3) is 0 Å². The molecule has 1 heterocycles. The van der Waals surface area contributed by atoms with E-state index in [4.69, 9.17) is 4.74 Å². The lowest BCUT2D eigenvalue weighted by molar-refractivity contribution is 0.0471. The van der Waals surface area contributed by atoms with Crippen molar-refractivity contribution in [2.45, 2.75) is 6.61 Å². The van der Waals surface area contributed by atoms with Crippen molar-refractivity contribution in [1.29, 1.82) is 0 Å². The highest BCUT2D eigenvalue weighted by Gasteiger charge is 2.15. The summed E-state index contributed by atoms with van der Waals surface area (Å²) < 4.78 is 5.23. The maximum absolute atomic E-state index is 11.9. The molecule has 0 aliphatic rings. The van der Waals surface area contributed by atoms with Crippen LogP contribution in [0.4, 0.5) is 0 Å². The van der Waals surface area contributed by atoms with E-state index in [1.807, 2.05) is 60.7 Å². The van der Waals surface area contributed by atoms with Gasteiger partial charge in [-0.05, 0) is 5.56 Å². The van der Waals surface area contributed by atoms with Gasteiger partial charge in [0.15, 0.2) is 0 Å². The third-order valence-electron chi connectivity index (χ3n) is 2.83. The van der Waals surface area contributed by atoms with Gasteiger partial charge in [0.1, 0.15) is 11.6 Å². The number of hydrogen-bond donors (Lipinski definition) is 0. The molecular formula is C16H12N2O2S. The van der Waals surface area contributed by atoms with E-state index in [1.54, 1.807) is 0 Å². The largest absolute Gasteiger partial charge is 0.455 e. The smallest absolute Gasteiger partial charge is 0.369 e. The average Bonchev–Trinajstić information content (AvgIpc) is 3.04. The van der Waals surface area contributed by atoms with Crippen molar-refractivity contribution >= 4 is 17.3 Å². The predicted molar refractivity (Wildman–Crippen MR) is 80.9 cm³/mol. The molecule has 0 atom stereocenters. The van der Waals surface area contributed by atoms with E-state index in [0.717, 1.165) is 11.1 Å². The van der Waals surface area contributed by atoms with Gasteiger partial charge >= 0.3 is 5.97 Å². The SMILES string of the molecule is O=C(OCc1ccccc1)c1nnc(-c2ccccc2)s1. The molecule has 0 spiro atoms. The Morgan fingerprint density at radius 3 is 2.33 bits per heavy atom. The number of carbonyl (C=O) groups excluding carboxylic acids is 1. The standard InChI is InChI=1S/C16H12N2O2S/c19-16(20-11-12-7-3-1-4-8-12)15-18-17-14(21-15)13-9-5-2-6-10-13/h1-10H,11H2. The zero-order valence-electron chi connectivity index (χ0n) is 11.1. The van der Waals surface area contributed by atoms with Gasteiger partial charge in [-0.1, -0.05) is 72.0 Å². The number of nitrogens with zero attached hydrogens (tertiary/aromatic N) is 2. The molecule has 2 aromatic carbocycles. The fourth-order valence-electron chi connectivity index (χ4n) is 1.79. The van der Waals surface area contributed by atoms with Gasteiger partial charge in [0, 0.05) is 5.56 Å². The number of rotatable bonds is 4. The first kappa shape index (κ1) is 13.5. The highest BCUT2D eigenvalue weighted by molar-refractivity contribution is 7.16. The van der Waals surface area contributed by atoms with Crippen molar-refractivity contribution in [1.82, 2.24) is 10.2 Å². The lowest BCUT2D eigenvalue weighted by Gasteiger charge is -2.01. The first-order valence-corrected chi connectivity index (χ1v) is 7.24. The zero-order chi connectivity index (χ0) is 14.5. The van der Waals surface area contributed by atoms with Crippen LogP contribution < -0.4 is 0 Å². The molecule has 104 valence electrons. The molecule has 0 radical (unpaired) electrons. The summed E-state index contributed by atoms with van der Waals surface area (Å²) in [5.74, 6) is -0.446. The van der Waals surface area contributed by atoms with Crippen molar-refractivity contribution in [3.05, 3.63) is 71.2 Å². The highest BCUT2D eigenvalue weighted by atomic mass is 32.1. The van der Waals surface area contributed by atoms with Crippen LogP contribution in [0, 0.1) is 0 Å². The maximum atomic E-state index is 11.9. The Labute approximate surface area is 126 Å². The molecule has 1 aromatic heterocycles. The molecule has 0 aliphatic carbocycles.